The maximum Gasteiger partial charge on any atom is 0.252 e. The van der Waals surface area contributed by atoms with Crippen LogP contribution in [0.15, 0.2) is 64.8 Å². The van der Waals surface area contributed by atoms with Gasteiger partial charge in [0.05, 0.1) is 16.8 Å². The quantitative estimate of drug-likeness (QED) is 0.672. The van der Waals surface area contributed by atoms with Crippen LogP contribution in [-0.2, 0) is 5.75 Å². The Balaban J connectivity index is 1.70. The van der Waals surface area contributed by atoms with E-state index in [9.17, 15) is 4.79 Å². The van der Waals surface area contributed by atoms with Gasteiger partial charge in [-0.25, -0.2) is 9.97 Å². The predicted octanol–water partition coefficient (Wildman–Crippen LogP) is 3.03. The first kappa shape index (κ1) is 16.2. The molecule has 1 unspecified atom stereocenters. The minimum Gasteiger partial charge on any atom is -0.349 e. The largest absolute Gasteiger partial charge is 0.349 e. The van der Waals surface area contributed by atoms with E-state index in [-0.39, 0.29) is 11.6 Å². The number of rotatable bonds is 6. The molecule has 0 aliphatic heterocycles. The minimum atomic E-state index is -0.178. The zero-order chi connectivity index (χ0) is 16.8. The van der Waals surface area contributed by atoms with Gasteiger partial charge >= 0.3 is 0 Å². The van der Waals surface area contributed by atoms with E-state index in [2.05, 4.69) is 25.3 Å². The van der Waals surface area contributed by atoms with Crippen molar-refractivity contribution in [3.8, 4) is 0 Å². The molecule has 3 aromatic heterocycles. The van der Waals surface area contributed by atoms with Crippen molar-refractivity contribution in [1.82, 2.24) is 19.9 Å². The Morgan fingerprint density at radius 2 is 2.17 bits per heavy atom. The third kappa shape index (κ3) is 4.42. The third-order valence-corrected chi connectivity index (χ3v) is 4.32. The monoisotopic (exact) mass is 339 g/mol. The number of pyridine rings is 2. The van der Waals surface area contributed by atoms with Gasteiger partial charge in [0.2, 0.25) is 5.95 Å². The number of hydrogen-bond donors (Lipinski definition) is 2. The Labute approximate surface area is 143 Å². The highest BCUT2D eigenvalue weighted by molar-refractivity contribution is 7.98. The molecule has 3 aromatic rings. The molecule has 6 nitrogen and oxygen atoms in total. The summed E-state index contributed by atoms with van der Waals surface area (Å²) in [5.41, 5.74) is 1.55. The van der Waals surface area contributed by atoms with Crippen molar-refractivity contribution in [1.29, 1.82) is 0 Å². The SMILES string of the molecule is CC(Nc1nc(CSc2ccccn2)cc(=O)[nH]1)c1cccnc1. The Kier molecular flexibility index (Phi) is 5.22. The molecule has 24 heavy (non-hydrogen) atoms. The first-order valence-electron chi connectivity index (χ1n) is 7.51. The number of aromatic amines is 1. The second-order valence-electron chi connectivity index (χ2n) is 5.19. The summed E-state index contributed by atoms with van der Waals surface area (Å²) in [6, 6.07) is 11.1. The predicted molar refractivity (Wildman–Crippen MR) is 94.9 cm³/mol. The van der Waals surface area contributed by atoms with Crippen LogP contribution in [0.1, 0.15) is 24.2 Å². The van der Waals surface area contributed by atoms with Crippen LogP contribution in [0.5, 0.6) is 0 Å². The number of anilines is 1. The molecule has 0 fully saturated rings. The van der Waals surface area contributed by atoms with Crippen molar-refractivity contribution in [2.24, 2.45) is 0 Å². The highest BCUT2D eigenvalue weighted by atomic mass is 32.2. The Morgan fingerprint density at radius 1 is 1.25 bits per heavy atom. The lowest BCUT2D eigenvalue weighted by Gasteiger charge is -2.14. The van der Waals surface area contributed by atoms with E-state index in [0.29, 0.717) is 17.4 Å². The molecule has 0 saturated heterocycles. The lowest BCUT2D eigenvalue weighted by molar-refractivity contribution is 0.846. The molecular weight excluding hydrogens is 322 g/mol. The van der Waals surface area contributed by atoms with Gasteiger partial charge in [0.25, 0.3) is 5.56 Å². The summed E-state index contributed by atoms with van der Waals surface area (Å²) in [5, 5.41) is 4.11. The average molecular weight is 339 g/mol. The molecule has 0 saturated carbocycles. The van der Waals surface area contributed by atoms with E-state index in [1.54, 1.807) is 30.4 Å². The van der Waals surface area contributed by atoms with Gasteiger partial charge in [-0.3, -0.25) is 14.8 Å². The number of aromatic nitrogens is 4. The Morgan fingerprint density at radius 3 is 2.92 bits per heavy atom. The van der Waals surface area contributed by atoms with Gasteiger partial charge in [0.15, 0.2) is 0 Å². The smallest absolute Gasteiger partial charge is 0.252 e. The summed E-state index contributed by atoms with van der Waals surface area (Å²) in [6.07, 6.45) is 5.26. The third-order valence-electron chi connectivity index (χ3n) is 3.34. The molecule has 0 aliphatic carbocycles. The first-order valence-corrected chi connectivity index (χ1v) is 8.50. The highest BCUT2D eigenvalue weighted by Gasteiger charge is 2.08. The molecule has 0 aromatic carbocycles. The van der Waals surface area contributed by atoms with Crippen molar-refractivity contribution < 1.29 is 0 Å². The summed E-state index contributed by atoms with van der Waals surface area (Å²) >= 11 is 1.54. The van der Waals surface area contributed by atoms with E-state index in [0.717, 1.165) is 10.6 Å². The summed E-state index contributed by atoms with van der Waals surface area (Å²) < 4.78 is 0. The van der Waals surface area contributed by atoms with Crippen LogP contribution in [0.25, 0.3) is 0 Å². The van der Waals surface area contributed by atoms with Crippen LogP contribution in [0, 0.1) is 0 Å². The Hall–Kier alpha value is -2.67. The van der Waals surface area contributed by atoms with Gasteiger partial charge in [0, 0.05) is 30.4 Å². The minimum absolute atomic E-state index is 0.0134. The maximum absolute atomic E-state index is 11.9. The van der Waals surface area contributed by atoms with Gasteiger partial charge in [-0.15, -0.1) is 11.8 Å². The molecule has 0 aliphatic rings. The number of nitrogens with zero attached hydrogens (tertiary/aromatic N) is 3. The normalized spacial score (nSPS) is 11.9. The van der Waals surface area contributed by atoms with Crippen LogP contribution in [-0.4, -0.2) is 19.9 Å². The molecule has 3 heterocycles. The zero-order valence-electron chi connectivity index (χ0n) is 13.1. The molecule has 0 radical (unpaired) electrons. The topological polar surface area (TPSA) is 83.6 Å². The van der Waals surface area contributed by atoms with Gasteiger partial charge in [-0.1, -0.05) is 12.1 Å². The van der Waals surface area contributed by atoms with Crippen LogP contribution >= 0.6 is 11.8 Å². The van der Waals surface area contributed by atoms with E-state index in [1.165, 1.54) is 6.07 Å². The van der Waals surface area contributed by atoms with Gasteiger partial charge in [0.1, 0.15) is 0 Å². The molecule has 122 valence electrons. The summed E-state index contributed by atoms with van der Waals surface area (Å²) in [5.74, 6) is 1.03. The standard InChI is InChI=1S/C17H17N5OS/c1-12(13-5-4-7-18-10-13)20-17-21-14(9-15(23)22-17)11-24-16-6-2-3-8-19-16/h2-10,12H,11H2,1H3,(H2,20,21,22,23). The van der Waals surface area contributed by atoms with Crippen molar-refractivity contribution in [2.45, 2.75) is 23.7 Å². The van der Waals surface area contributed by atoms with Crippen molar-refractivity contribution >= 4 is 17.7 Å². The number of hydrogen-bond acceptors (Lipinski definition) is 6. The molecular formula is C17H17N5OS. The van der Waals surface area contributed by atoms with Crippen LogP contribution in [0.3, 0.4) is 0 Å². The zero-order valence-corrected chi connectivity index (χ0v) is 14.0. The first-order chi connectivity index (χ1) is 11.7. The van der Waals surface area contributed by atoms with Gasteiger partial charge in [-0.2, -0.15) is 0 Å². The van der Waals surface area contributed by atoms with Crippen molar-refractivity contribution in [3.63, 3.8) is 0 Å². The fourth-order valence-corrected chi connectivity index (χ4v) is 2.90. The summed E-state index contributed by atoms with van der Waals surface area (Å²) in [4.78, 5) is 27.4. The second-order valence-corrected chi connectivity index (χ2v) is 6.19. The van der Waals surface area contributed by atoms with Crippen LogP contribution < -0.4 is 10.9 Å². The summed E-state index contributed by atoms with van der Waals surface area (Å²) in [7, 11) is 0. The molecule has 0 spiro atoms. The van der Waals surface area contributed by atoms with E-state index < -0.39 is 0 Å². The number of nitrogens with one attached hydrogen (secondary N) is 2. The molecule has 2 N–H and O–H groups in total. The Bertz CT molecular complexity index is 838. The van der Waals surface area contributed by atoms with Gasteiger partial charge in [-0.05, 0) is 30.7 Å². The molecule has 3 rings (SSSR count). The van der Waals surface area contributed by atoms with E-state index in [1.807, 2.05) is 37.3 Å². The number of H-pyrrole nitrogens is 1. The van der Waals surface area contributed by atoms with Crippen LogP contribution in [0.2, 0.25) is 0 Å². The van der Waals surface area contributed by atoms with Gasteiger partial charge < -0.3 is 5.32 Å². The molecule has 0 amide bonds. The second kappa shape index (κ2) is 7.74. The highest BCUT2D eigenvalue weighted by Crippen LogP contribution is 2.20. The fraction of sp³-hybridized carbons (Fsp3) is 0.176. The van der Waals surface area contributed by atoms with Crippen molar-refractivity contribution in [2.75, 3.05) is 5.32 Å². The van der Waals surface area contributed by atoms with Crippen molar-refractivity contribution in [3.05, 3.63) is 76.6 Å². The van der Waals surface area contributed by atoms with E-state index >= 15 is 0 Å². The molecule has 7 heteroatoms. The molecule has 0 bridgehead atoms. The summed E-state index contributed by atoms with van der Waals surface area (Å²) in [6.45, 7) is 1.99. The number of thioether (sulfide) groups is 1. The average Bonchev–Trinajstić information content (AvgIpc) is 2.61. The molecule has 1 atom stereocenters. The van der Waals surface area contributed by atoms with Crippen LogP contribution in [0.4, 0.5) is 5.95 Å². The van der Waals surface area contributed by atoms with E-state index in [4.69, 9.17) is 0 Å². The lowest BCUT2D eigenvalue weighted by atomic mass is 10.1. The maximum atomic E-state index is 11.9. The lowest BCUT2D eigenvalue weighted by Crippen LogP contribution is -2.16. The fourth-order valence-electron chi connectivity index (χ4n) is 2.15.